The zero-order chi connectivity index (χ0) is 24.0. The second-order valence-corrected chi connectivity index (χ2v) is 9.68. The summed E-state index contributed by atoms with van der Waals surface area (Å²) in [5, 5.41) is 3.32. The van der Waals surface area contributed by atoms with Crippen LogP contribution in [0.3, 0.4) is 0 Å². The van der Waals surface area contributed by atoms with Gasteiger partial charge in [-0.25, -0.2) is 22.6 Å². The lowest BCUT2D eigenvalue weighted by molar-refractivity contribution is 0.486. The van der Waals surface area contributed by atoms with Gasteiger partial charge in [-0.3, -0.25) is 9.29 Å². The van der Waals surface area contributed by atoms with Crippen LogP contribution >= 0.6 is 0 Å². The second kappa shape index (κ2) is 8.33. The normalized spacial score (nSPS) is 14.7. The minimum atomic E-state index is -4.47. The van der Waals surface area contributed by atoms with Crippen molar-refractivity contribution >= 4 is 26.9 Å². The van der Waals surface area contributed by atoms with Crippen molar-refractivity contribution in [3.63, 3.8) is 0 Å². The number of rotatable bonds is 5. The summed E-state index contributed by atoms with van der Waals surface area (Å²) in [5.74, 6) is -3.03. The molecule has 0 spiro atoms. The number of pyridine rings is 1. The maximum Gasteiger partial charge on any atom is 0.420 e. The van der Waals surface area contributed by atoms with E-state index in [0.717, 1.165) is 42.3 Å². The molecule has 2 aromatic carbocycles. The molecule has 1 aliphatic heterocycles. The SMILES string of the molecule is CC(c1cccc2c1CNCC2)n1c(=O)oc2cc(S(=O)(=O)Nc3cccc(F)n3)c(F)cc21. The van der Waals surface area contributed by atoms with E-state index in [2.05, 4.69) is 10.3 Å². The third kappa shape index (κ3) is 3.86. The van der Waals surface area contributed by atoms with Crippen molar-refractivity contribution < 1.29 is 21.6 Å². The Morgan fingerprint density at radius 2 is 1.97 bits per heavy atom. The second-order valence-electron chi connectivity index (χ2n) is 8.03. The van der Waals surface area contributed by atoms with Gasteiger partial charge in [0.2, 0.25) is 5.95 Å². The fourth-order valence-electron chi connectivity index (χ4n) is 4.34. The van der Waals surface area contributed by atoms with Crippen LogP contribution in [-0.4, -0.2) is 24.5 Å². The average molecular weight is 487 g/mol. The molecule has 0 amide bonds. The Kier molecular flexibility index (Phi) is 5.45. The van der Waals surface area contributed by atoms with Crippen LogP contribution in [0.2, 0.25) is 0 Å². The van der Waals surface area contributed by atoms with Crippen LogP contribution in [0, 0.1) is 11.8 Å². The van der Waals surface area contributed by atoms with E-state index in [9.17, 15) is 17.6 Å². The van der Waals surface area contributed by atoms with Crippen molar-refractivity contribution in [1.29, 1.82) is 0 Å². The van der Waals surface area contributed by atoms with Crippen molar-refractivity contribution in [2.45, 2.75) is 30.8 Å². The molecule has 1 aliphatic rings. The van der Waals surface area contributed by atoms with Crippen LogP contribution in [-0.2, 0) is 23.0 Å². The number of oxazole rings is 1. The van der Waals surface area contributed by atoms with E-state index in [1.54, 1.807) is 6.92 Å². The summed E-state index contributed by atoms with van der Waals surface area (Å²) < 4.78 is 62.5. The van der Waals surface area contributed by atoms with E-state index < -0.39 is 38.5 Å². The summed E-state index contributed by atoms with van der Waals surface area (Å²) in [6, 6.07) is 10.8. The number of halogens is 2. The Bertz CT molecular complexity index is 1580. The Morgan fingerprint density at radius 3 is 2.76 bits per heavy atom. The van der Waals surface area contributed by atoms with Gasteiger partial charge >= 0.3 is 5.76 Å². The number of nitrogens with zero attached hydrogens (tertiary/aromatic N) is 2. The van der Waals surface area contributed by atoms with E-state index in [-0.39, 0.29) is 16.9 Å². The largest absolute Gasteiger partial charge is 0.420 e. The Balaban J connectivity index is 1.58. The first-order valence-electron chi connectivity index (χ1n) is 10.6. The van der Waals surface area contributed by atoms with Crippen LogP contribution in [0.4, 0.5) is 14.6 Å². The van der Waals surface area contributed by atoms with E-state index in [1.165, 1.54) is 22.3 Å². The summed E-state index contributed by atoms with van der Waals surface area (Å²) in [4.78, 5) is 15.4. The minimum Gasteiger partial charge on any atom is -0.408 e. The zero-order valence-electron chi connectivity index (χ0n) is 18.0. The fraction of sp³-hybridized carbons (Fsp3) is 0.217. The quantitative estimate of drug-likeness (QED) is 0.419. The Labute approximate surface area is 193 Å². The van der Waals surface area contributed by atoms with Crippen LogP contribution in [0.15, 0.2) is 62.6 Å². The van der Waals surface area contributed by atoms with Crippen LogP contribution in [0.25, 0.3) is 11.1 Å². The molecule has 176 valence electrons. The number of benzene rings is 2. The predicted octanol–water partition coefficient (Wildman–Crippen LogP) is 3.32. The van der Waals surface area contributed by atoms with Gasteiger partial charge in [-0.1, -0.05) is 24.3 Å². The number of aromatic nitrogens is 2. The third-order valence-electron chi connectivity index (χ3n) is 5.93. The van der Waals surface area contributed by atoms with E-state index >= 15 is 4.39 Å². The lowest BCUT2D eigenvalue weighted by Gasteiger charge is -2.24. The summed E-state index contributed by atoms with van der Waals surface area (Å²) in [5.41, 5.74) is 3.19. The molecule has 5 rings (SSSR count). The van der Waals surface area contributed by atoms with Gasteiger partial charge in [-0.05, 0) is 48.7 Å². The highest BCUT2D eigenvalue weighted by Crippen LogP contribution is 2.30. The molecule has 1 atom stereocenters. The molecule has 2 N–H and O–H groups in total. The molecule has 4 aromatic rings. The van der Waals surface area contributed by atoms with Crippen LogP contribution in [0.1, 0.15) is 29.7 Å². The van der Waals surface area contributed by atoms with E-state index in [0.29, 0.717) is 6.54 Å². The van der Waals surface area contributed by atoms with E-state index in [4.69, 9.17) is 4.42 Å². The predicted molar refractivity (Wildman–Crippen MR) is 121 cm³/mol. The molecule has 3 heterocycles. The average Bonchev–Trinajstić information content (AvgIpc) is 3.12. The topological polar surface area (TPSA) is 106 Å². The highest BCUT2D eigenvalue weighted by molar-refractivity contribution is 7.92. The summed E-state index contributed by atoms with van der Waals surface area (Å²) >= 11 is 0. The van der Waals surface area contributed by atoms with Gasteiger partial charge in [0.15, 0.2) is 5.58 Å². The van der Waals surface area contributed by atoms with Gasteiger partial charge in [-0.15, -0.1) is 0 Å². The molecule has 0 saturated heterocycles. The first-order valence-corrected chi connectivity index (χ1v) is 12.0. The maximum absolute atomic E-state index is 15.0. The molecule has 11 heteroatoms. The third-order valence-corrected chi connectivity index (χ3v) is 7.30. The van der Waals surface area contributed by atoms with Crippen molar-refractivity contribution in [3.05, 3.63) is 87.5 Å². The van der Waals surface area contributed by atoms with Gasteiger partial charge in [0.05, 0.1) is 11.6 Å². The van der Waals surface area contributed by atoms with Crippen molar-refractivity contribution in [1.82, 2.24) is 14.9 Å². The molecule has 0 bridgehead atoms. The number of fused-ring (bicyclic) bond motifs is 2. The van der Waals surface area contributed by atoms with Gasteiger partial charge in [0.1, 0.15) is 16.5 Å². The smallest absolute Gasteiger partial charge is 0.408 e. The molecule has 2 aromatic heterocycles. The number of anilines is 1. The maximum atomic E-state index is 15.0. The summed E-state index contributed by atoms with van der Waals surface area (Å²) in [6.07, 6.45) is 0.861. The van der Waals surface area contributed by atoms with E-state index in [1.807, 2.05) is 22.9 Å². The number of hydrogen-bond donors (Lipinski definition) is 2. The summed E-state index contributed by atoms with van der Waals surface area (Å²) in [6.45, 7) is 3.32. The molecular weight excluding hydrogens is 466 g/mol. The van der Waals surface area contributed by atoms with Crippen molar-refractivity contribution in [3.8, 4) is 0 Å². The molecular formula is C23H20F2N4O4S. The fourth-order valence-corrected chi connectivity index (χ4v) is 5.41. The van der Waals surface area contributed by atoms with Crippen molar-refractivity contribution in [2.75, 3.05) is 11.3 Å². The molecule has 0 radical (unpaired) electrons. The highest BCUT2D eigenvalue weighted by atomic mass is 32.2. The zero-order valence-corrected chi connectivity index (χ0v) is 18.8. The molecule has 0 fully saturated rings. The number of hydrogen-bond acceptors (Lipinski definition) is 6. The lowest BCUT2D eigenvalue weighted by Crippen LogP contribution is -2.27. The summed E-state index contributed by atoms with van der Waals surface area (Å²) in [7, 11) is -4.47. The van der Waals surface area contributed by atoms with Crippen molar-refractivity contribution in [2.24, 2.45) is 0 Å². The molecule has 1 unspecified atom stereocenters. The Morgan fingerprint density at radius 1 is 1.18 bits per heavy atom. The molecule has 34 heavy (non-hydrogen) atoms. The number of sulfonamides is 1. The highest BCUT2D eigenvalue weighted by Gasteiger charge is 2.26. The van der Waals surface area contributed by atoms with Crippen LogP contribution < -0.4 is 15.8 Å². The number of nitrogens with one attached hydrogen (secondary N) is 2. The lowest BCUT2D eigenvalue weighted by atomic mass is 9.92. The Hall–Kier alpha value is -3.57. The van der Waals surface area contributed by atoms with Gasteiger partial charge in [-0.2, -0.15) is 4.39 Å². The molecule has 0 aliphatic carbocycles. The molecule has 8 nitrogen and oxygen atoms in total. The molecule has 0 saturated carbocycles. The minimum absolute atomic E-state index is 0.0891. The van der Waals surface area contributed by atoms with Gasteiger partial charge < -0.3 is 9.73 Å². The first kappa shape index (κ1) is 22.2. The van der Waals surface area contributed by atoms with Gasteiger partial charge in [0.25, 0.3) is 10.0 Å². The standard InChI is InChI=1S/C23H20F2N4O4S/c1-13(15-5-2-4-14-8-9-26-12-16(14)15)29-18-10-17(24)20(11-19(18)33-23(29)30)34(31,32)28-22-7-3-6-21(25)27-22/h2-7,10-11,13,26H,8-9,12H2,1H3,(H,27,28). The van der Waals surface area contributed by atoms with Gasteiger partial charge in [0, 0.05) is 18.7 Å². The monoisotopic (exact) mass is 486 g/mol. The van der Waals surface area contributed by atoms with Crippen LogP contribution in [0.5, 0.6) is 0 Å². The first-order chi connectivity index (χ1) is 16.2.